The van der Waals surface area contributed by atoms with Gasteiger partial charge in [0.1, 0.15) is 11.5 Å². The topological polar surface area (TPSA) is 47.6 Å². The summed E-state index contributed by atoms with van der Waals surface area (Å²) in [5.74, 6) is 0.225. The molecule has 4 nitrogen and oxygen atoms in total. The minimum atomic E-state index is -2.92. The molecule has 2 aromatic rings. The van der Waals surface area contributed by atoms with Gasteiger partial charge in [-0.2, -0.15) is 8.78 Å². The summed E-state index contributed by atoms with van der Waals surface area (Å²) < 4.78 is 33.8. The fraction of sp³-hybridized carbons (Fsp3) is 0.188. The first-order chi connectivity index (χ1) is 10.6. The number of rotatable bonds is 6. The lowest BCUT2D eigenvalue weighted by molar-refractivity contribution is -0.0498. The molecule has 1 amide bonds. The highest BCUT2D eigenvalue weighted by atomic mass is 19.3. The largest absolute Gasteiger partial charge is 0.496 e. The van der Waals surface area contributed by atoms with Gasteiger partial charge >= 0.3 is 6.61 Å². The molecule has 0 aliphatic rings. The highest BCUT2D eigenvalue weighted by Crippen LogP contribution is 2.18. The lowest BCUT2D eigenvalue weighted by Gasteiger charge is -2.10. The first kappa shape index (κ1) is 15.8. The Kier molecular flexibility index (Phi) is 5.30. The normalized spacial score (nSPS) is 10.4. The maximum atomic E-state index is 12.2. The monoisotopic (exact) mass is 307 g/mol. The van der Waals surface area contributed by atoms with E-state index in [0.717, 1.165) is 5.56 Å². The van der Waals surface area contributed by atoms with Gasteiger partial charge in [0, 0.05) is 17.7 Å². The van der Waals surface area contributed by atoms with E-state index in [1.54, 1.807) is 13.2 Å². The van der Waals surface area contributed by atoms with Gasteiger partial charge in [-0.15, -0.1) is 0 Å². The van der Waals surface area contributed by atoms with Crippen LogP contribution in [0.5, 0.6) is 11.5 Å². The number of methoxy groups -OCH3 is 1. The Morgan fingerprint density at radius 1 is 1.18 bits per heavy atom. The summed E-state index contributed by atoms with van der Waals surface area (Å²) in [5.41, 5.74) is 1.06. The van der Waals surface area contributed by atoms with Crippen LogP contribution in [0.25, 0.3) is 0 Å². The molecule has 0 saturated carbocycles. The molecule has 116 valence electrons. The van der Waals surface area contributed by atoms with Crippen molar-refractivity contribution in [1.82, 2.24) is 5.32 Å². The molecule has 0 radical (unpaired) electrons. The SMILES string of the molecule is COc1ccccc1CNC(=O)c1cccc(OC(F)F)c1. The van der Waals surface area contributed by atoms with E-state index >= 15 is 0 Å². The van der Waals surface area contributed by atoms with Gasteiger partial charge in [-0.1, -0.05) is 24.3 Å². The maximum Gasteiger partial charge on any atom is 0.387 e. The zero-order valence-electron chi connectivity index (χ0n) is 11.9. The number of ether oxygens (including phenoxy) is 2. The molecule has 6 heteroatoms. The van der Waals surface area contributed by atoms with E-state index < -0.39 is 6.61 Å². The average molecular weight is 307 g/mol. The highest BCUT2D eigenvalue weighted by Gasteiger charge is 2.10. The summed E-state index contributed by atoms with van der Waals surface area (Å²) in [4.78, 5) is 12.1. The first-order valence-electron chi connectivity index (χ1n) is 6.55. The lowest BCUT2D eigenvalue weighted by Crippen LogP contribution is -2.23. The van der Waals surface area contributed by atoms with Crippen LogP contribution in [-0.4, -0.2) is 19.6 Å². The van der Waals surface area contributed by atoms with Crippen LogP contribution in [0.1, 0.15) is 15.9 Å². The fourth-order valence-electron chi connectivity index (χ4n) is 1.94. The van der Waals surface area contributed by atoms with Crippen LogP contribution in [0.15, 0.2) is 48.5 Å². The van der Waals surface area contributed by atoms with E-state index in [0.29, 0.717) is 5.75 Å². The smallest absolute Gasteiger partial charge is 0.387 e. The molecule has 0 unspecified atom stereocenters. The fourth-order valence-corrected chi connectivity index (χ4v) is 1.94. The number of halogens is 2. The molecule has 1 N–H and O–H groups in total. The van der Waals surface area contributed by atoms with Crippen molar-refractivity contribution in [2.45, 2.75) is 13.2 Å². The molecule has 2 aromatic carbocycles. The zero-order chi connectivity index (χ0) is 15.9. The molecule has 0 atom stereocenters. The molecular weight excluding hydrogens is 292 g/mol. The molecule has 0 saturated heterocycles. The van der Waals surface area contributed by atoms with Gasteiger partial charge in [-0.25, -0.2) is 0 Å². The Morgan fingerprint density at radius 3 is 2.68 bits per heavy atom. The van der Waals surface area contributed by atoms with E-state index in [1.165, 1.54) is 24.3 Å². The minimum absolute atomic E-state index is 0.0556. The molecule has 22 heavy (non-hydrogen) atoms. The Balaban J connectivity index is 2.03. The second kappa shape index (κ2) is 7.40. The third-order valence-electron chi connectivity index (χ3n) is 2.95. The molecule has 0 aromatic heterocycles. The number of hydrogen-bond donors (Lipinski definition) is 1. The Labute approximate surface area is 126 Å². The van der Waals surface area contributed by atoms with E-state index in [-0.39, 0.29) is 23.8 Å². The second-order valence-electron chi connectivity index (χ2n) is 4.40. The van der Waals surface area contributed by atoms with E-state index in [1.807, 2.05) is 18.2 Å². The van der Waals surface area contributed by atoms with Crippen LogP contribution in [0.3, 0.4) is 0 Å². The van der Waals surface area contributed by atoms with Crippen molar-refractivity contribution in [2.75, 3.05) is 7.11 Å². The summed E-state index contributed by atoms with van der Waals surface area (Å²) in [6.07, 6.45) is 0. The number of amides is 1. The van der Waals surface area contributed by atoms with Crippen molar-refractivity contribution in [3.63, 3.8) is 0 Å². The molecule has 0 aliphatic heterocycles. The van der Waals surface area contributed by atoms with Crippen molar-refractivity contribution >= 4 is 5.91 Å². The van der Waals surface area contributed by atoms with E-state index in [2.05, 4.69) is 10.1 Å². The highest BCUT2D eigenvalue weighted by molar-refractivity contribution is 5.94. The van der Waals surface area contributed by atoms with Gasteiger partial charge in [0.2, 0.25) is 0 Å². The number of para-hydroxylation sites is 1. The third-order valence-corrected chi connectivity index (χ3v) is 2.95. The van der Waals surface area contributed by atoms with Crippen molar-refractivity contribution in [3.05, 3.63) is 59.7 Å². The van der Waals surface area contributed by atoms with Crippen LogP contribution < -0.4 is 14.8 Å². The minimum Gasteiger partial charge on any atom is -0.496 e. The maximum absolute atomic E-state index is 12.2. The van der Waals surface area contributed by atoms with Gasteiger partial charge in [0.15, 0.2) is 0 Å². The van der Waals surface area contributed by atoms with Gasteiger partial charge in [-0.05, 0) is 24.3 Å². The average Bonchev–Trinajstić information content (AvgIpc) is 2.52. The number of carbonyl (C=O) groups excluding carboxylic acids is 1. The standard InChI is InChI=1S/C16H15F2NO3/c1-21-14-8-3-2-5-12(14)10-19-15(20)11-6-4-7-13(9-11)22-16(17)18/h2-9,16H,10H2,1H3,(H,19,20). The van der Waals surface area contributed by atoms with Gasteiger partial charge in [-0.3, -0.25) is 4.79 Å². The molecule has 0 heterocycles. The van der Waals surface area contributed by atoms with Crippen molar-refractivity contribution in [2.24, 2.45) is 0 Å². The summed E-state index contributed by atoms with van der Waals surface area (Å²) in [5, 5.41) is 2.71. The van der Waals surface area contributed by atoms with Crippen LogP contribution >= 0.6 is 0 Å². The van der Waals surface area contributed by atoms with Crippen molar-refractivity contribution in [3.8, 4) is 11.5 Å². The lowest BCUT2D eigenvalue weighted by atomic mass is 10.1. The van der Waals surface area contributed by atoms with E-state index in [4.69, 9.17) is 4.74 Å². The van der Waals surface area contributed by atoms with Crippen LogP contribution in [-0.2, 0) is 6.54 Å². The molecule has 0 bridgehead atoms. The number of hydrogen-bond acceptors (Lipinski definition) is 3. The quantitative estimate of drug-likeness (QED) is 0.891. The van der Waals surface area contributed by atoms with Gasteiger partial charge in [0.25, 0.3) is 5.91 Å². The predicted molar refractivity (Wildman–Crippen MR) is 77.2 cm³/mol. The molecule has 0 spiro atoms. The third kappa shape index (κ3) is 4.18. The summed E-state index contributed by atoms with van der Waals surface area (Å²) >= 11 is 0. The Morgan fingerprint density at radius 2 is 1.95 bits per heavy atom. The molecular formula is C16H15F2NO3. The van der Waals surface area contributed by atoms with Crippen LogP contribution in [0.4, 0.5) is 8.78 Å². The zero-order valence-corrected chi connectivity index (χ0v) is 11.9. The van der Waals surface area contributed by atoms with Crippen molar-refractivity contribution in [1.29, 1.82) is 0 Å². The van der Waals surface area contributed by atoms with Gasteiger partial charge in [0.05, 0.1) is 7.11 Å². The van der Waals surface area contributed by atoms with Crippen LogP contribution in [0.2, 0.25) is 0 Å². The molecule has 0 aliphatic carbocycles. The molecule has 0 fully saturated rings. The van der Waals surface area contributed by atoms with Crippen LogP contribution in [0, 0.1) is 0 Å². The Bertz CT molecular complexity index is 647. The number of carbonyl (C=O) groups is 1. The Hall–Kier alpha value is -2.63. The molecule has 2 rings (SSSR count). The second-order valence-corrected chi connectivity index (χ2v) is 4.40. The van der Waals surface area contributed by atoms with Crippen molar-refractivity contribution < 1.29 is 23.0 Å². The predicted octanol–water partition coefficient (Wildman–Crippen LogP) is 3.23. The summed E-state index contributed by atoms with van der Waals surface area (Å²) in [7, 11) is 1.55. The summed E-state index contributed by atoms with van der Waals surface area (Å²) in [6.45, 7) is -2.66. The number of alkyl halides is 2. The number of nitrogens with one attached hydrogen (secondary N) is 1. The van der Waals surface area contributed by atoms with Gasteiger partial charge < -0.3 is 14.8 Å². The number of benzene rings is 2. The van der Waals surface area contributed by atoms with E-state index in [9.17, 15) is 13.6 Å². The summed E-state index contributed by atoms with van der Waals surface area (Å²) in [6, 6.07) is 12.9. The first-order valence-corrected chi connectivity index (χ1v) is 6.55.